The van der Waals surface area contributed by atoms with Gasteiger partial charge in [-0.1, -0.05) is 52.3 Å². The van der Waals surface area contributed by atoms with Crippen molar-refractivity contribution in [2.24, 2.45) is 0 Å². The molecule has 0 N–H and O–H groups in total. The summed E-state index contributed by atoms with van der Waals surface area (Å²) in [4.78, 5) is 0. The minimum absolute atomic E-state index is 0.341. The van der Waals surface area contributed by atoms with Gasteiger partial charge in [-0.05, 0) is 57.0 Å². The molecule has 0 aliphatic carbocycles. The van der Waals surface area contributed by atoms with Crippen molar-refractivity contribution >= 4 is 28.6 Å². The molecule has 0 bridgehead atoms. The Morgan fingerprint density at radius 3 is 2.14 bits per heavy atom. The van der Waals surface area contributed by atoms with Gasteiger partial charge in [-0.2, -0.15) is 0 Å². The van der Waals surface area contributed by atoms with Crippen LogP contribution >= 0.6 is 15.9 Å². The molecule has 0 saturated carbocycles. The van der Waals surface area contributed by atoms with E-state index in [0.717, 1.165) is 15.8 Å². The lowest BCUT2D eigenvalue weighted by Crippen LogP contribution is -2.41. The quantitative estimate of drug-likeness (QED) is 0.492. The van der Waals surface area contributed by atoms with E-state index in [-0.39, 0.29) is 0 Å². The van der Waals surface area contributed by atoms with Crippen LogP contribution < -0.4 is 4.74 Å². The molecule has 1 aliphatic rings. The first-order valence-corrected chi connectivity index (χ1v) is 10.2. The van der Waals surface area contributed by atoms with E-state index in [4.69, 9.17) is 14.0 Å². The Morgan fingerprint density at radius 2 is 1.54 bits per heavy atom. The zero-order valence-corrected chi connectivity index (χ0v) is 18.3. The van der Waals surface area contributed by atoms with Gasteiger partial charge in [-0.25, -0.2) is 4.39 Å². The Balaban J connectivity index is 1.88. The maximum Gasteiger partial charge on any atom is 0.525 e. The van der Waals surface area contributed by atoms with Gasteiger partial charge in [0.05, 0.1) is 17.8 Å². The third kappa shape index (κ3) is 4.50. The molecule has 1 fully saturated rings. The molecule has 0 unspecified atom stereocenters. The highest BCUT2D eigenvalue weighted by Crippen LogP contribution is 2.41. The highest BCUT2D eigenvalue weighted by Gasteiger charge is 2.53. The molecule has 1 heterocycles. The molecule has 3 nitrogen and oxygen atoms in total. The Bertz CT molecular complexity index is 836. The van der Waals surface area contributed by atoms with Crippen molar-refractivity contribution in [3.8, 4) is 5.75 Å². The second-order valence-electron chi connectivity index (χ2n) is 7.81. The topological polar surface area (TPSA) is 27.7 Å². The van der Waals surface area contributed by atoms with E-state index in [1.54, 1.807) is 0 Å². The van der Waals surface area contributed by atoms with Gasteiger partial charge in [0.25, 0.3) is 0 Å². The van der Waals surface area contributed by atoms with Gasteiger partial charge >= 0.3 is 7.12 Å². The zero-order chi connectivity index (χ0) is 20.4. The maximum atomic E-state index is 15.6. The van der Waals surface area contributed by atoms with Crippen LogP contribution in [0.3, 0.4) is 0 Å². The van der Waals surface area contributed by atoms with Gasteiger partial charge in [-0.3, -0.25) is 0 Å². The van der Waals surface area contributed by atoms with E-state index < -0.39 is 24.0 Å². The molecule has 148 valence electrons. The summed E-state index contributed by atoms with van der Waals surface area (Å²) < 4.78 is 34.1. The summed E-state index contributed by atoms with van der Waals surface area (Å²) in [6.07, 6.45) is 0.382. The van der Waals surface area contributed by atoms with Gasteiger partial charge in [-0.15, -0.1) is 0 Å². The van der Waals surface area contributed by atoms with Crippen LogP contribution in [-0.2, 0) is 9.31 Å². The first-order chi connectivity index (χ1) is 13.2. The van der Waals surface area contributed by atoms with Crippen LogP contribution in [-0.4, -0.2) is 24.9 Å². The molecule has 0 atom stereocenters. The first kappa shape index (κ1) is 21.1. The van der Waals surface area contributed by atoms with Crippen LogP contribution in [0.2, 0.25) is 0 Å². The fourth-order valence-electron chi connectivity index (χ4n) is 2.97. The summed E-state index contributed by atoms with van der Waals surface area (Å²) >= 11 is 3.53. The molecule has 6 heteroatoms. The van der Waals surface area contributed by atoms with Crippen molar-refractivity contribution in [3.05, 3.63) is 70.4 Å². The summed E-state index contributed by atoms with van der Waals surface area (Å²) in [7, 11) is -1.04. The number of benzene rings is 2. The third-order valence-electron chi connectivity index (χ3n) is 5.31. The van der Waals surface area contributed by atoms with E-state index in [2.05, 4.69) is 15.9 Å². The van der Waals surface area contributed by atoms with Crippen LogP contribution in [0.4, 0.5) is 4.39 Å². The number of hydrogen-bond donors (Lipinski definition) is 0. The second kappa shape index (κ2) is 8.40. The molecule has 0 radical (unpaired) electrons. The molecular formula is C22H25BBrFO3. The largest absolute Gasteiger partial charge is 0.525 e. The average Bonchev–Trinajstić information content (AvgIpc) is 2.87. The van der Waals surface area contributed by atoms with Crippen LogP contribution in [0.15, 0.2) is 64.8 Å². The van der Waals surface area contributed by atoms with Gasteiger partial charge in [0, 0.05) is 10.9 Å². The summed E-state index contributed by atoms with van der Waals surface area (Å²) in [5, 5.41) is 0. The number of halogens is 2. The van der Waals surface area contributed by atoms with Crippen molar-refractivity contribution in [1.29, 1.82) is 0 Å². The standard InChI is InChI=1S/C22H25BBrFO3/c1-21(2)22(3,4)28-23(27-21)20(25)18(17-12-8-9-13-19(17)24)14-15-26-16-10-6-5-7-11-16/h5-13H,14-15H2,1-4H3. The van der Waals surface area contributed by atoms with Crippen molar-refractivity contribution in [2.75, 3.05) is 6.61 Å². The monoisotopic (exact) mass is 446 g/mol. The predicted octanol–water partition coefficient (Wildman–Crippen LogP) is 6.23. The molecule has 0 amide bonds. The normalized spacial score (nSPS) is 18.7. The van der Waals surface area contributed by atoms with Gasteiger partial charge in [0.2, 0.25) is 0 Å². The highest BCUT2D eigenvalue weighted by molar-refractivity contribution is 9.10. The van der Waals surface area contributed by atoms with E-state index in [1.807, 2.05) is 82.3 Å². The molecule has 3 rings (SSSR count). The zero-order valence-electron chi connectivity index (χ0n) is 16.7. The molecule has 2 aromatic rings. The Morgan fingerprint density at radius 1 is 0.964 bits per heavy atom. The lowest BCUT2D eigenvalue weighted by Gasteiger charge is -2.32. The second-order valence-corrected chi connectivity index (χ2v) is 8.66. The summed E-state index contributed by atoms with van der Waals surface area (Å²) in [5.74, 6) is 0.755. The molecule has 1 aliphatic heterocycles. The van der Waals surface area contributed by atoms with Crippen LogP contribution in [0.5, 0.6) is 5.75 Å². The van der Waals surface area contributed by atoms with E-state index in [9.17, 15) is 0 Å². The molecule has 0 spiro atoms. The summed E-state index contributed by atoms with van der Waals surface area (Å²) in [6, 6.07) is 17.1. The Labute approximate surface area is 175 Å². The van der Waals surface area contributed by atoms with E-state index >= 15 is 4.39 Å². The summed E-state index contributed by atoms with van der Waals surface area (Å²) in [5.41, 5.74) is -0.334. The number of rotatable bonds is 6. The fourth-order valence-corrected chi connectivity index (χ4v) is 3.49. The van der Waals surface area contributed by atoms with Crippen LogP contribution in [0.25, 0.3) is 5.57 Å². The van der Waals surface area contributed by atoms with Gasteiger partial charge in [0.1, 0.15) is 11.5 Å². The van der Waals surface area contributed by atoms with Gasteiger partial charge in [0.15, 0.2) is 0 Å². The van der Waals surface area contributed by atoms with E-state index in [1.165, 1.54) is 0 Å². The van der Waals surface area contributed by atoms with Crippen molar-refractivity contribution in [1.82, 2.24) is 0 Å². The molecule has 2 aromatic carbocycles. The van der Waals surface area contributed by atoms with Crippen molar-refractivity contribution < 1.29 is 18.4 Å². The van der Waals surface area contributed by atoms with Crippen molar-refractivity contribution in [2.45, 2.75) is 45.3 Å². The van der Waals surface area contributed by atoms with Crippen LogP contribution in [0.1, 0.15) is 39.7 Å². The maximum absolute atomic E-state index is 15.6. The predicted molar refractivity (Wildman–Crippen MR) is 115 cm³/mol. The summed E-state index contributed by atoms with van der Waals surface area (Å²) in [6.45, 7) is 8.00. The lowest BCUT2D eigenvalue weighted by atomic mass is 9.82. The minimum Gasteiger partial charge on any atom is -0.493 e. The number of ether oxygens (including phenoxy) is 1. The highest BCUT2D eigenvalue weighted by atomic mass is 79.9. The average molecular weight is 447 g/mol. The first-order valence-electron chi connectivity index (χ1n) is 9.38. The van der Waals surface area contributed by atoms with Crippen molar-refractivity contribution in [3.63, 3.8) is 0 Å². The number of para-hydroxylation sites is 1. The fraction of sp³-hybridized carbons (Fsp3) is 0.364. The van der Waals surface area contributed by atoms with Gasteiger partial charge < -0.3 is 14.0 Å². The Hall–Kier alpha value is -1.63. The molecule has 0 aromatic heterocycles. The number of hydrogen-bond acceptors (Lipinski definition) is 3. The molecule has 1 saturated heterocycles. The van der Waals surface area contributed by atoms with E-state index in [0.29, 0.717) is 18.6 Å². The SMILES string of the molecule is CC1(C)OB(C(F)=C(CCOc2ccccc2)c2ccccc2Br)OC1(C)C. The Kier molecular flexibility index (Phi) is 6.32. The third-order valence-corrected chi connectivity index (χ3v) is 6.00. The molecular weight excluding hydrogens is 422 g/mol. The van der Waals surface area contributed by atoms with Crippen LogP contribution in [0, 0.1) is 0 Å². The lowest BCUT2D eigenvalue weighted by molar-refractivity contribution is 0.00578. The minimum atomic E-state index is -1.04. The molecule has 28 heavy (non-hydrogen) atoms. The smallest absolute Gasteiger partial charge is 0.493 e.